The molecule has 0 atom stereocenters. The van der Waals surface area contributed by atoms with E-state index in [1.807, 2.05) is 36.4 Å². The number of rotatable bonds is 5. The second kappa shape index (κ2) is 6.66. The Bertz CT molecular complexity index is 593. The van der Waals surface area contributed by atoms with Crippen LogP contribution in [0.1, 0.15) is 12.1 Å². The van der Waals surface area contributed by atoms with Gasteiger partial charge in [0.25, 0.3) is 0 Å². The maximum Gasteiger partial charge on any atom is 0.244 e. The van der Waals surface area contributed by atoms with Crippen molar-refractivity contribution in [1.82, 2.24) is 10.3 Å². The Morgan fingerprint density at radius 3 is 2.95 bits per heavy atom. The molecular formula is C15H17N3O. The first-order chi connectivity index (χ1) is 9.29. The van der Waals surface area contributed by atoms with Crippen LogP contribution in [0.2, 0.25) is 0 Å². The van der Waals surface area contributed by atoms with Crippen molar-refractivity contribution in [3.8, 4) is 0 Å². The van der Waals surface area contributed by atoms with Crippen LogP contribution in [0.4, 0.5) is 0 Å². The minimum Gasteiger partial charge on any atom is -0.353 e. The quantitative estimate of drug-likeness (QED) is 0.631. The molecule has 4 heteroatoms. The summed E-state index contributed by atoms with van der Waals surface area (Å²) in [5.74, 6) is -0.122. The smallest absolute Gasteiger partial charge is 0.244 e. The fraction of sp³-hybridized carbons (Fsp3) is 0.200. The van der Waals surface area contributed by atoms with Crippen LogP contribution in [0.15, 0.2) is 42.5 Å². The number of carbonyl (C=O) groups excluding carboxylic acids is 1. The van der Waals surface area contributed by atoms with Crippen molar-refractivity contribution < 1.29 is 4.79 Å². The maximum absolute atomic E-state index is 11.5. The van der Waals surface area contributed by atoms with Gasteiger partial charge in [0.2, 0.25) is 5.91 Å². The first-order valence-corrected chi connectivity index (χ1v) is 6.31. The van der Waals surface area contributed by atoms with E-state index < -0.39 is 0 Å². The zero-order chi connectivity index (χ0) is 13.5. The topological polar surface area (TPSA) is 68.0 Å². The van der Waals surface area contributed by atoms with E-state index in [0.717, 1.165) is 23.0 Å². The van der Waals surface area contributed by atoms with Crippen LogP contribution in [0.5, 0.6) is 0 Å². The molecule has 0 aliphatic rings. The molecule has 1 heterocycles. The third-order valence-corrected chi connectivity index (χ3v) is 2.71. The third-order valence-electron chi connectivity index (χ3n) is 2.71. The molecule has 0 saturated heterocycles. The zero-order valence-corrected chi connectivity index (χ0v) is 10.7. The van der Waals surface area contributed by atoms with Gasteiger partial charge in [-0.2, -0.15) is 0 Å². The van der Waals surface area contributed by atoms with Gasteiger partial charge in [-0.15, -0.1) is 0 Å². The predicted molar refractivity (Wildman–Crippen MR) is 77.5 cm³/mol. The molecule has 98 valence electrons. The molecule has 0 fully saturated rings. The van der Waals surface area contributed by atoms with Crippen LogP contribution in [-0.4, -0.2) is 24.0 Å². The van der Waals surface area contributed by atoms with E-state index in [1.54, 1.807) is 6.08 Å². The summed E-state index contributed by atoms with van der Waals surface area (Å²) in [6.07, 6.45) is 3.99. The number of nitrogens with two attached hydrogens (primary N) is 1. The average molecular weight is 255 g/mol. The number of benzene rings is 1. The maximum atomic E-state index is 11.5. The number of pyridine rings is 1. The minimum absolute atomic E-state index is 0.122. The lowest BCUT2D eigenvalue weighted by atomic mass is 10.2. The lowest BCUT2D eigenvalue weighted by Gasteiger charge is -2.00. The Labute approximate surface area is 112 Å². The van der Waals surface area contributed by atoms with E-state index in [1.165, 1.54) is 6.08 Å². The highest BCUT2D eigenvalue weighted by molar-refractivity contribution is 5.91. The number of aromatic nitrogens is 1. The summed E-state index contributed by atoms with van der Waals surface area (Å²) >= 11 is 0. The molecule has 0 aliphatic carbocycles. The predicted octanol–water partition coefficient (Wildman–Crippen LogP) is 1.71. The second-order valence-electron chi connectivity index (χ2n) is 4.20. The largest absolute Gasteiger partial charge is 0.353 e. The van der Waals surface area contributed by atoms with E-state index in [-0.39, 0.29) is 5.91 Å². The Morgan fingerprint density at radius 1 is 1.26 bits per heavy atom. The molecule has 0 aliphatic heterocycles. The molecular weight excluding hydrogens is 238 g/mol. The van der Waals surface area contributed by atoms with Gasteiger partial charge in [0.05, 0.1) is 11.2 Å². The van der Waals surface area contributed by atoms with Crippen molar-refractivity contribution in [2.24, 2.45) is 5.73 Å². The fourth-order valence-corrected chi connectivity index (χ4v) is 1.71. The van der Waals surface area contributed by atoms with Crippen LogP contribution >= 0.6 is 0 Å². The summed E-state index contributed by atoms with van der Waals surface area (Å²) in [6, 6.07) is 11.8. The van der Waals surface area contributed by atoms with Gasteiger partial charge in [-0.1, -0.05) is 24.3 Å². The SMILES string of the molecule is NCCCNC(=O)/C=C/c1ccc2ccccc2n1. The van der Waals surface area contributed by atoms with Crippen molar-refractivity contribution in [2.75, 3.05) is 13.1 Å². The Morgan fingerprint density at radius 2 is 2.11 bits per heavy atom. The van der Waals surface area contributed by atoms with Gasteiger partial charge in [0, 0.05) is 18.0 Å². The number of nitrogens with one attached hydrogen (secondary N) is 1. The number of carbonyl (C=O) groups is 1. The highest BCUT2D eigenvalue weighted by Crippen LogP contribution is 2.12. The van der Waals surface area contributed by atoms with Gasteiger partial charge in [-0.3, -0.25) is 4.79 Å². The number of fused-ring (bicyclic) bond motifs is 1. The van der Waals surface area contributed by atoms with Crippen molar-refractivity contribution in [2.45, 2.75) is 6.42 Å². The monoisotopic (exact) mass is 255 g/mol. The summed E-state index contributed by atoms with van der Waals surface area (Å²) in [7, 11) is 0. The van der Waals surface area contributed by atoms with Crippen molar-refractivity contribution in [3.05, 3.63) is 48.2 Å². The molecule has 4 nitrogen and oxygen atoms in total. The van der Waals surface area contributed by atoms with Crippen LogP contribution in [-0.2, 0) is 4.79 Å². The number of amides is 1. The van der Waals surface area contributed by atoms with E-state index in [9.17, 15) is 4.79 Å². The lowest BCUT2D eigenvalue weighted by molar-refractivity contribution is -0.116. The summed E-state index contributed by atoms with van der Waals surface area (Å²) in [5, 5.41) is 3.85. The molecule has 1 amide bonds. The van der Waals surface area contributed by atoms with E-state index in [2.05, 4.69) is 10.3 Å². The van der Waals surface area contributed by atoms with Crippen LogP contribution in [0, 0.1) is 0 Å². The van der Waals surface area contributed by atoms with Gasteiger partial charge in [0.1, 0.15) is 0 Å². The molecule has 0 saturated carbocycles. The van der Waals surface area contributed by atoms with Gasteiger partial charge in [-0.05, 0) is 31.2 Å². The molecule has 1 aromatic carbocycles. The number of para-hydroxylation sites is 1. The standard InChI is InChI=1S/C15H17N3O/c16-10-3-11-17-15(19)9-8-13-7-6-12-4-1-2-5-14(12)18-13/h1-2,4-9H,3,10-11,16H2,(H,17,19)/b9-8+. The fourth-order valence-electron chi connectivity index (χ4n) is 1.71. The molecule has 0 spiro atoms. The highest BCUT2D eigenvalue weighted by atomic mass is 16.1. The van der Waals surface area contributed by atoms with Gasteiger partial charge < -0.3 is 11.1 Å². The summed E-state index contributed by atoms with van der Waals surface area (Å²) in [4.78, 5) is 15.9. The van der Waals surface area contributed by atoms with Crippen LogP contribution in [0.25, 0.3) is 17.0 Å². The molecule has 0 radical (unpaired) electrons. The summed E-state index contributed by atoms with van der Waals surface area (Å²) in [6.45, 7) is 1.18. The molecule has 2 aromatic rings. The first kappa shape index (κ1) is 13.2. The zero-order valence-electron chi connectivity index (χ0n) is 10.7. The van der Waals surface area contributed by atoms with E-state index in [4.69, 9.17) is 5.73 Å². The van der Waals surface area contributed by atoms with Crippen molar-refractivity contribution in [3.63, 3.8) is 0 Å². The Balaban J connectivity index is 2.02. The number of hydrogen-bond donors (Lipinski definition) is 2. The van der Waals surface area contributed by atoms with Crippen LogP contribution < -0.4 is 11.1 Å². The molecule has 0 bridgehead atoms. The Hall–Kier alpha value is -2.20. The third kappa shape index (κ3) is 3.89. The van der Waals surface area contributed by atoms with Crippen LogP contribution in [0.3, 0.4) is 0 Å². The van der Waals surface area contributed by atoms with Crippen molar-refractivity contribution >= 4 is 22.9 Å². The molecule has 0 unspecified atom stereocenters. The molecule has 3 N–H and O–H groups in total. The molecule has 19 heavy (non-hydrogen) atoms. The first-order valence-electron chi connectivity index (χ1n) is 6.31. The van der Waals surface area contributed by atoms with Gasteiger partial charge >= 0.3 is 0 Å². The van der Waals surface area contributed by atoms with E-state index >= 15 is 0 Å². The number of nitrogens with zero attached hydrogens (tertiary/aromatic N) is 1. The van der Waals surface area contributed by atoms with Gasteiger partial charge in [0.15, 0.2) is 0 Å². The van der Waals surface area contributed by atoms with E-state index in [0.29, 0.717) is 13.1 Å². The second-order valence-corrected chi connectivity index (χ2v) is 4.20. The molecule has 2 rings (SSSR count). The summed E-state index contributed by atoms with van der Waals surface area (Å²) < 4.78 is 0. The highest BCUT2D eigenvalue weighted by Gasteiger charge is 1.96. The Kier molecular flexibility index (Phi) is 4.64. The average Bonchev–Trinajstić information content (AvgIpc) is 2.45. The normalized spacial score (nSPS) is 11.0. The van der Waals surface area contributed by atoms with Crippen molar-refractivity contribution in [1.29, 1.82) is 0 Å². The minimum atomic E-state index is -0.122. The number of hydrogen-bond acceptors (Lipinski definition) is 3. The summed E-state index contributed by atoms with van der Waals surface area (Å²) in [5.41, 5.74) is 7.05. The lowest BCUT2D eigenvalue weighted by Crippen LogP contribution is -2.23. The molecule has 1 aromatic heterocycles. The van der Waals surface area contributed by atoms with Gasteiger partial charge in [-0.25, -0.2) is 4.98 Å².